The van der Waals surface area contributed by atoms with Gasteiger partial charge >= 0.3 is 0 Å². The third-order valence-corrected chi connectivity index (χ3v) is 2.18. The maximum Gasteiger partial charge on any atom is 0.136 e. The van der Waals surface area contributed by atoms with E-state index in [4.69, 9.17) is 0 Å². The lowest BCUT2D eigenvalue weighted by molar-refractivity contribution is -0.120. The first kappa shape index (κ1) is 6.79. The number of rotatable bonds is 1. The van der Waals surface area contributed by atoms with Crippen molar-refractivity contribution in [3.05, 3.63) is 0 Å². The van der Waals surface area contributed by atoms with Crippen molar-refractivity contribution in [1.82, 2.24) is 0 Å². The normalized spacial score (nSPS) is 35.6. The minimum atomic E-state index is 0.403. The summed E-state index contributed by atoms with van der Waals surface area (Å²) in [5, 5.41) is 0. The summed E-state index contributed by atoms with van der Waals surface area (Å²) in [6, 6.07) is 0. The summed E-state index contributed by atoms with van der Waals surface area (Å²) >= 11 is 0. The van der Waals surface area contributed by atoms with Crippen molar-refractivity contribution in [3.8, 4) is 0 Å². The van der Waals surface area contributed by atoms with Crippen molar-refractivity contribution in [2.24, 2.45) is 11.8 Å². The molecule has 0 aromatic heterocycles. The highest BCUT2D eigenvalue weighted by atomic mass is 16.1. The van der Waals surface area contributed by atoms with Gasteiger partial charge in [0.15, 0.2) is 0 Å². The van der Waals surface area contributed by atoms with Crippen LogP contribution >= 0.6 is 0 Å². The fourth-order valence-electron chi connectivity index (χ4n) is 1.60. The molecule has 2 unspecified atom stereocenters. The Balaban J connectivity index is 2.48. The number of hydrogen-bond donors (Lipinski definition) is 0. The molecule has 1 fully saturated rings. The van der Waals surface area contributed by atoms with Crippen molar-refractivity contribution in [2.45, 2.75) is 33.1 Å². The van der Waals surface area contributed by atoms with Crippen LogP contribution in [0.2, 0.25) is 0 Å². The second-order valence-electron chi connectivity index (χ2n) is 3.12. The molecule has 0 amide bonds. The fourth-order valence-corrected chi connectivity index (χ4v) is 1.60. The zero-order valence-electron chi connectivity index (χ0n) is 6.18. The van der Waals surface area contributed by atoms with Gasteiger partial charge < -0.3 is 0 Å². The number of carbonyl (C=O) groups is 1. The number of Topliss-reactive ketones (excluding diaryl/α,β-unsaturated/α-hetero) is 1. The van der Waals surface area contributed by atoms with Crippen LogP contribution < -0.4 is 0 Å². The first-order valence-corrected chi connectivity index (χ1v) is 3.76. The quantitative estimate of drug-likeness (QED) is 0.525. The number of carbonyl (C=O) groups excluding carboxylic acids is 1. The molecule has 1 aliphatic rings. The summed E-state index contributed by atoms with van der Waals surface area (Å²) in [6.45, 7) is 4.26. The van der Waals surface area contributed by atoms with Gasteiger partial charge in [-0.05, 0) is 18.8 Å². The zero-order chi connectivity index (χ0) is 6.85. The summed E-state index contributed by atoms with van der Waals surface area (Å²) in [5.74, 6) is 1.55. The summed E-state index contributed by atoms with van der Waals surface area (Å²) in [4.78, 5) is 11.0. The third kappa shape index (κ3) is 1.32. The van der Waals surface area contributed by atoms with Gasteiger partial charge in [-0.1, -0.05) is 13.8 Å². The van der Waals surface area contributed by atoms with Gasteiger partial charge in [-0.2, -0.15) is 0 Å². The molecular formula is C8H14O. The average molecular weight is 126 g/mol. The summed E-state index contributed by atoms with van der Waals surface area (Å²) in [6.07, 6.45) is 3.01. The van der Waals surface area contributed by atoms with Gasteiger partial charge in [-0.25, -0.2) is 0 Å². The van der Waals surface area contributed by atoms with Gasteiger partial charge in [0.1, 0.15) is 5.78 Å². The molecule has 2 atom stereocenters. The maximum absolute atomic E-state index is 11.0. The van der Waals surface area contributed by atoms with E-state index >= 15 is 0 Å². The van der Waals surface area contributed by atoms with E-state index in [2.05, 4.69) is 13.8 Å². The van der Waals surface area contributed by atoms with E-state index < -0.39 is 0 Å². The predicted molar refractivity (Wildman–Crippen MR) is 37.2 cm³/mol. The van der Waals surface area contributed by atoms with Crippen LogP contribution in [0.25, 0.3) is 0 Å². The molecule has 52 valence electrons. The Morgan fingerprint density at radius 1 is 1.67 bits per heavy atom. The van der Waals surface area contributed by atoms with Gasteiger partial charge in [0.05, 0.1) is 0 Å². The molecule has 1 nitrogen and oxygen atoms in total. The molecule has 0 saturated heterocycles. The molecule has 0 aromatic rings. The molecule has 9 heavy (non-hydrogen) atoms. The molecule has 0 spiro atoms. The van der Waals surface area contributed by atoms with Crippen LogP contribution in [0.4, 0.5) is 0 Å². The first-order chi connectivity index (χ1) is 4.24. The Bertz CT molecular complexity index is 118. The summed E-state index contributed by atoms with van der Waals surface area (Å²) in [7, 11) is 0. The van der Waals surface area contributed by atoms with Crippen molar-refractivity contribution in [3.63, 3.8) is 0 Å². The molecule has 0 aliphatic heterocycles. The molecule has 0 radical (unpaired) electrons. The van der Waals surface area contributed by atoms with Crippen LogP contribution in [0.1, 0.15) is 33.1 Å². The lowest BCUT2D eigenvalue weighted by Gasteiger charge is -2.00. The minimum Gasteiger partial charge on any atom is -0.299 e. The van der Waals surface area contributed by atoms with Crippen molar-refractivity contribution in [2.75, 3.05) is 0 Å². The second-order valence-corrected chi connectivity index (χ2v) is 3.12. The molecule has 1 heteroatoms. The SMILES string of the molecule is CCC1CC(C)CC1=O. The van der Waals surface area contributed by atoms with E-state index in [0.717, 1.165) is 19.3 Å². The Morgan fingerprint density at radius 2 is 2.33 bits per heavy atom. The lowest BCUT2D eigenvalue weighted by atomic mass is 10.0. The fraction of sp³-hybridized carbons (Fsp3) is 0.875. The van der Waals surface area contributed by atoms with Crippen LogP contribution in [0.15, 0.2) is 0 Å². The average Bonchev–Trinajstić information content (AvgIpc) is 2.10. The van der Waals surface area contributed by atoms with Crippen molar-refractivity contribution >= 4 is 5.78 Å². The van der Waals surface area contributed by atoms with Gasteiger partial charge in [0.25, 0.3) is 0 Å². The largest absolute Gasteiger partial charge is 0.299 e. The summed E-state index contributed by atoms with van der Waals surface area (Å²) < 4.78 is 0. The molecule has 1 aliphatic carbocycles. The molecule has 0 bridgehead atoms. The van der Waals surface area contributed by atoms with Gasteiger partial charge in [-0.15, -0.1) is 0 Å². The topological polar surface area (TPSA) is 17.1 Å². The Morgan fingerprint density at radius 3 is 2.56 bits per heavy atom. The highest BCUT2D eigenvalue weighted by molar-refractivity contribution is 5.83. The Hall–Kier alpha value is -0.330. The highest BCUT2D eigenvalue weighted by Crippen LogP contribution is 2.28. The second kappa shape index (κ2) is 2.51. The van der Waals surface area contributed by atoms with E-state index in [1.54, 1.807) is 0 Å². The van der Waals surface area contributed by atoms with Crippen molar-refractivity contribution < 1.29 is 4.79 Å². The lowest BCUT2D eigenvalue weighted by Crippen LogP contribution is -2.03. The zero-order valence-corrected chi connectivity index (χ0v) is 6.18. The van der Waals surface area contributed by atoms with E-state index in [1.807, 2.05) is 0 Å². The van der Waals surface area contributed by atoms with E-state index in [0.29, 0.717) is 17.6 Å². The Kier molecular flexibility index (Phi) is 1.89. The monoisotopic (exact) mass is 126 g/mol. The summed E-state index contributed by atoms with van der Waals surface area (Å²) in [5.41, 5.74) is 0. The third-order valence-electron chi connectivity index (χ3n) is 2.18. The van der Waals surface area contributed by atoms with Crippen LogP contribution in [0, 0.1) is 11.8 Å². The minimum absolute atomic E-state index is 0.403. The molecule has 0 heterocycles. The van der Waals surface area contributed by atoms with Gasteiger partial charge in [-0.3, -0.25) is 4.79 Å². The van der Waals surface area contributed by atoms with Gasteiger partial charge in [0, 0.05) is 12.3 Å². The molecule has 0 N–H and O–H groups in total. The van der Waals surface area contributed by atoms with Crippen LogP contribution in [0.3, 0.4) is 0 Å². The van der Waals surface area contributed by atoms with E-state index in [-0.39, 0.29) is 0 Å². The van der Waals surface area contributed by atoms with Gasteiger partial charge in [0.2, 0.25) is 0 Å². The van der Waals surface area contributed by atoms with E-state index in [1.165, 1.54) is 0 Å². The van der Waals surface area contributed by atoms with Crippen LogP contribution in [-0.4, -0.2) is 5.78 Å². The molecule has 1 rings (SSSR count). The number of ketones is 1. The van der Waals surface area contributed by atoms with Crippen molar-refractivity contribution in [1.29, 1.82) is 0 Å². The molecule has 1 saturated carbocycles. The maximum atomic E-state index is 11.0. The number of hydrogen-bond acceptors (Lipinski definition) is 1. The standard InChI is InChI=1S/C8H14O/c1-3-7-4-6(2)5-8(7)9/h6-7H,3-5H2,1-2H3. The smallest absolute Gasteiger partial charge is 0.136 e. The Labute approximate surface area is 56.4 Å². The van der Waals surface area contributed by atoms with Crippen LogP contribution in [0.5, 0.6) is 0 Å². The van der Waals surface area contributed by atoms with Crippen LogP contribution in [-0.2, 0) is 4.79 Å². The first-order valence-electron chi connectivity index (χ1n) is 3.76. The predicted octanol–water partition coefficient (Wildman–Crippen LogP) is 2.01. The molecule has 0 aromatic carbocycles. The molecular weight excluding hydrogens is 112 g/mol. The van der Waals surface area contributed by atoms with E-state index in [9.17, 15) is 4.79 Å². The highest BCUT2D eigenvalue weighted by Gasteiger charge is 2.27.